The second-order valence-corrected chi connectivity index (χ2v) is 16.6. The molecule has 1 aliphatic rings. The van der Waals surface area contributed by atoms with Gasteiger partial charge in [-0.25, -0.2) is 0 Å². The van der Waals surface area contributed by atoms with Crippen molar-refractivity contribution in [2.75, 3.05) is 11.4 Å². The topological polar surface area (TPSA) is 35.2 Å². The molecule has 5 nitrogen and oxygen atoms in total. The molecule has 2 aromatic heterocycles. The number of anilines is 2. The monoisotopic (exact) mass is 911 g/mol. The maximum atomic E-state index is 6.72. The average molecular weight is 912 g/mol. The van der Waals surface area contributed by atoms with Crippen LogP contribution >= 0.6 is 0 Å². The van der Waals surface area contributed by atoms with E-state index < -0.39 is 0 Å². The summed E-state index contributed by atoms with van der Waals surface area (Å²) in [5.41, 5.74) is 15.8. The van der Waals surface area contributed by atoms with Crippen LogP contribution in [0.15, 0.2) is 152 Å². The van der Waals surface area contributed by atoms with Gasteiger partial charge in [0.15, 0.2) is 0 Å². The summed E-state index contributed by atoms with van der Waals surface area (Å²) in [5.74, 6) is 2.53. The predicted octanol–water partition coefficient (Wildman–Crippen LogP) is 12.7. The maximum absolute atomic E-state index is 6.72. The van der Waals surface area contributed by atoms with Gasteiger partial charge in [0.05, 0.1) is 0 Å². The van der Waals surface area contributed by atoms with E-state index >= 15 is 0 Å². The Morgan fingerprint density at radius 3 is 1.86 bits per heavy atom. The number of pyridine rings is 1. The number of fused-ring (bicyclic) bond motifs is 2. The Hall–Kier alpha value is -5.77. The van der Waals surface area contributed by atoms with Gasteiger partial charge in [0, 0.05) is 6.20 Å². The van der Waals surface area contributed by atoms with E-state index in [2.05, 4.69) is 201 Å². The Morgan fingerprint density at radius 1 is 0.607 bits per heavy atom. The molecular weight excluding hydrogens is 868 g/mol. The third kappa shape index (κ3) is 6.34. The first-order valence-corrected chi connectivity index (χ1v) is 20.3. The normalized spacial score (nSPS) is 13.5. The summed E-state index contributed by atoms with van der Waals surface area (Å²) >= 11 is 2.53. The fourth-order valence-corrected chi connectivity index (χ4v) is 9.57. The molecular formula is C50H44N4OPt. The van der Waals surface area contributed by atoms with Crippen LogP contribution in [0.2, 0.25) is 0 Å². The van der Waals surface area contributed by atoms with E-state index in [4.69, 9.17) is 9.72 Å². The molecule has 56 heavy (non-hydrogen) atoms. The van der Waals surface area contributed by atoms with Crippen LogP contribution in [0.5, 0.6) is 11.5 Å². The number of benzene rings is 6. The quantitative estimate of drug-likeness (QED) is 0.160. The van der Waals surface area contributed by atoms with E-state index in [-0.39, 0.29) is 5.41 Å². The zero-order valence-electron chi connectivity index (χ0n) is 32.4. The zero-order valence-corrected chi connectivity index (χ0v) is 34.6. The molecule has 6 aromatic carbocycles. The fourth-order valence-electron chi connectivity index (χ4n) is 8.48. The summed E-state index contributed by atoms with van der Waals surface area (Å²) in [6, 6.07) is 51.5. The van der Waals surface area contributed by atoms with Gasteiger partial charge in [-0.2, -0.15) is 0 Å². The van der Waals surface area contributed by atoms with Crippen LogP contribution in [0.1, 0.15) is 36.1 Å². The molecule has 9 rings (SSSR count). The summed E-state index contributed by atoms with van der Waals surface area (Å²) in [5, 5.41) is 0. The van der Waals surface area contributed by atoms with Crippen LogP contribution in [-0.4, -0.2) is 20.7 Å². The van der Waals surface area contributed by atoms with E-state index in [0.717, 1.165) is 56.5 Å². The van der Waals surface area contributed by atoms with Crippen LogP contribution < -0.4 is 9.64 Å². The molecule has 280 valence electrons. The minimum absolute atomic E-state index is 0.120. The van der Waals surface area contributed by atoms with Crippen LogP contribution in [-0.2, 0) is 25.8 Å². The molecule has 0 spiro atoms. The number of ether oxygens (including phenoxy) is 1. The molecule has 0 saturated heterocycles. The van der Waals surface area contributed by atoms with Crippen molar-refractivity contribution >= 4 is 22.5 Å². The van der Waals surface area contributed by atoms with Crippen molar-refractivity contribution in [1.82, 2.24) is 14.1 Å². The van der Waals surface area contributed by atoms with E-state index in [0.29, 0.717) is 0 Å². The van der Waals surface area contributed by atoms with Gasteiger partial charge in [-0.3, -0.25) is 0 Å². The predicted molar refractivity (Wildman–Crippen MR) is 226 cm³/mol. The van der Waals surface area contributed by atoms with E-state index in [9.17, 15) is 0 Å². The Labute approximate surface area is 339 Å². The number of rotatable bonds is 7. The second kappa shape index (κ2) is 14.4. The number of aromatic nitrogens is 3. The molecule has 1 aliphatic heterocycles. The molecule has 0 N–H and O–H groups in total. The van der Waals surface area contributed by atoms with Gasteiger partial charge >= 0.3 is 309 Å². The molecule has 0 fully saturated rings. The van der Waals surface area contributed by atoms with Crippen molar-refractivity contribution in [1.29, 1.82) is 0 Å². The molecule has 0 aliphatic carbocycles. The Morgan fingerprint density at radius 2 is 1.21 bits per heavy atom. The van der Waals surface area contributed by atoms with Gasteiger partial charge in [-0.1, -0.05) is 19.9 Å². The van der Waals surface area contributed by atoms with Gasteiger partial charge in [0.25, 0.3) is 0 Å². The number of para-hydroxylation sites is 2. The van der Waals surface area contributed by atoms with Crippen LogP contribution in [0, 0.1) is 30.0 Å². The van der Waals surface area contributed by atoms with Crippen molar-refractivity contribution in [3.8, 4) is 45.1 Å². The van der Waals surface area contributed by atoms with Crippen LogP contribution in [0.3, 0.4) is 0 Å². The third-order valence-corrected chi connectivity index (χ3v) is 12.3. The Bertz CT molecular complexity index is 2740. The number of hydrogen-bond donors (Lipinski definition) is 0. The Balaban J connectivity index is 1.20. The van der Waals surface area contributed by atoms with E-state index in [1.54, 1.807) is 0 Å². The third-order valence-electron chi connectivity index (χ3n) is 11.2. The van der Waals surface area contributed by atoms with E-state index in [1.807, 2.05) is 18.3 Å². The molecule has 0 radical (unpaired) electrons. The fraction of sp³-hybridized carbons (Fsp3) is 0.160. The van der Waals surface area contributed by atoms with E-state index in [1.165, 1.54) is 50.2 Å². The van der Waals surface area contributed by atoms with Gasteiger partial charge < -0.3 is 0 Å². The molecule has 0 amide bonds. The summed E-state index contributed by atoms with van der Waals surface area (Å²) in [4.78, 5) is 7.05. The molecule has 8 aromatic rings. The Kier molecular flexibility index (Phi) is 9.22. The second-order valence-electron chi connectivity index (χ2n) is 15.6. The summed E-state index contributed by atoms with van der Waals surface area (Å²) in [6.45, 7) is 12.3. The summed E-state index contributed by atoms with van der Waals surface area (Å²) < 4.78 is 12.6. The summed E-state index contributed by atoms with van der Waals surface area (Å²) in [7, 11) is 0. The van der Waals surface area contributed by atoms with Crippen LogP contribution in [0.25, 0.3) is 44.7 Å². The van der Waals surface area contributed by atoms with Crippen molar-refractivity contribution in [2.45, 2.75) is 41.0 Å². The van der Waals surface area contributed by atoms with Crippen molar-refractivity contribution in [3.63, 3.8) is 0 Å². The molecule has 3 heterocycles. The average Bonchev–Trinajstić information content (AvgIpc) is 3.51. The molecule has 0 saturated carbocycles. The molecule has 0 atom stereocenters. The number of imidazole rings is 1. The zero-order chi connectivity index (χ0) is 38.6. The molecule has 0 unspecified atom stereocenters. The SMILES string of the molecule is Cc1c(C)c(-c2ccccc2)c(-n2[c](=[Pt])n(-c3cccc(Oc4ccc5c(c4)N(c4ccccn4)CC(C)(C)C5)c3)c3ccccc32)c(-c2ccccc2)c1C. The van der Waals surface area contributed by atoms with Gasteiger partial charge in [-0.15, -0.1) is 0 Å². The van der Waals surface area contributed by atoms with Gasteiger partial charge in [0.1, 0.15) is 0 Å². The van der Waals surface area contributed by atoms with Gasteiger partial charge in [-0.05, 0) is 6.07 Å². The molecule has 6 heteroatoms. The first-order chi connectivity index (χ1) is 27.2. The van der Waals surface area contributed by atoms with Crippen molar-refractivity contribution < 1.29 is 24.1 Å². The summed E-state index contributed by atoms with van der Waals surface area (Å²) in [6.07, 6.45) is 2.86. The van der Waals surface area contributed by atoms with Crippen molar-refractivity contribution in [2.24, 2.45) is 5.41 Å². The first-order valence-electron chi connectivity index (χ1n) is 19.2. The molecule has 0 bridgehead atoms. The van der Waals surface area contributed by atoms with Crippen LogP contribution in [0.4, 0.5) is 11.5 Å². The number of nitrogens with zero attached hydrogens (tertiary/aromatic N) is 4. The minimum atomic E-state index is 0.120. The standard InChI is InChI=1S/C50H44N4O.Pt/c1-34-35(2)47(37-17-8-6-9-18-37)49(48(36(34)3)38-19-10-7-11-20-38)54-33-53(43-23-12-13-24-44(43)54)40-21-16-22-41(29-40)55-42-27-26-39-31-50(4,5)32-52(45(39)30-42)46-25-14-15-28-51-46;/h6-30H,31-32H2,1-5H3;. The number of hydrogen-bond acceptors (Lipinski definition) is 3. The van der Waals surface area contributed by atoms with Crippen molar-refractivity contribution in [3.05, 3.63) is 178 Å². The first kappa shape index (κ1) is 35.9. The van der Waals surface area contributed by atoms with Gasteiger partial charge in [0.2, 0.25) is 0 Å².